The highest BCUT2D eigenvalue weighted by atomic mass is 32.2. The van der Waals surface area contributed by atoms with E-state index >= 15 is 0 Å². The number of thioether (sulfide) groups is 1. The van der Waals surface area contributed by atoms with Gasteiger partial charge in [-0.3, -0.25) is 9.59 Å². The van der Waals surface area contributed by atoms with Crippen molar-refractivity contribution in [1.82, 2.24) is 0 Å². The lowest BCUT2D eigenvalue weighted by molar-refractivity contribution is -0.121. The molecule has 0 saturated carbocycles. The van der Waals surface area contributed by atoms with Crippen LogP contribution in [0.1, 0.15) is 5.56 Å². The van der Waals surface area contributed by atoms with Crippen LogP contribution in [0.25, 0.3) is 0 Å². The fourth-order valence-electron chi connectivity index (χ4n) is 2.47. The fraction of sp³-hybridized carbons (Fsp3) is 0.176. The standard InChI is InChI=1S/C17H16N2O2S/c1-22-13-8-6-12(7-9-13)10-17(21)19-11-16(20)18-14-4-2-3-5-15(14)19/h2-9H,10-11H2,1H3,(H,18,20). The predicted octanol–water partition coefficient (Wildman–Crippen LogP) is 2.94. The molecule has 22 heavy (non-hydrogen) atoms. The minimum absolute atomic E-state index is 0.0682. The van der Waals surface area contributed by atoms with Gasteiger partial charge in [0.05, 0.1) is 17.8 Å². The predicted molar refractivity (Wildman–Crippen MR) is 89.4 cm³/mol. The summed E-state index contributed by atoms with van der Waals surface area (Å²) in [4.78, 5) is 27.1. The van der Waals surface area contributed by atoms with Crippen LogP contribution in [0.2, 0.25) is 0 Å². The van der Waals surface area contributed by atoms with E-state index in [9.17, 15) is 9.59 Å². The molecule has 1 heterocycles. The van der Waals surface area contributed by atoms with Crippen LogP contribution < -0.4 is 10.2 Å². The Balaban J connectivity index is 1.81. The Labute approximate surface area is 133 Å². The Bertz CT molecular complexity index is 713. The summed E-state index contributed by atoms with van der Waals surface area (Å²) >= 11 is 1.67. The van der Waals surface area contributed by atoms with Gasteiger partial charge in [0.2, 0.25) is 11.8 Å². The van der Waals surface area contributed by atoms with Gasteiger partial charge in [-0.25, -0.2) is 0 Å². The highest BCUT2D eigenvalue weighted by Crippen LogP contribution is 2.29. The first-order chi connectivity index (χ1) is 10.7. The maximum atomic E-state index is 12.6. The van der Waals surface area contributed by atoms with E-state index in [-0.39, 0.29) is 24.8 Å². The summed E-state index contributed by atoms with van der Waals surface area (Å²) in [5, 5.41) is 2.79. The first-order valence-corrected chi connectivity index (χ1v) is 8.22. The third-order valence-corrected chi connectivity index (χ3v) is 4.33. The molecule has 0 fully saturated rings. The highest BCUT2D eigenvalue weighted by Gasteiger charge is 2.26. The van der Waals surface area contributed by atoms with Crippen molar-refractivity contribution in [1.29, 1.82) is 0 Å². The number of para-hydroxylation sites is 2. The molecule has 112 valence electrons. The monoisotopic (exact) mass is 312 g/mol. The number of anilines is 2. The van der Waals surface area contributed by atoms with Crippen LogP contribution >= 0.6 is 11.8 Å². The van der Waals surface area contributed by atoms with E-state index in [4.69, 9.17) is 0 Å². The molecule has 0 bridgehead atoms. The number of amides is 2. The topological polar surface area (TPSA) is 49.4 Å². The molecule has 1 N–H and O–H groups in total. The zero-order valence-electron chi connectivity index (χ0n) is 12.2. The zero-order chi connectivity index (χ0) is 15.5. The molecule has 0 unspecified atom stereocenters. The maximum absolute atomic E-state index is 12.6. The number of hydrogen-bond acceptors (Lipinski definition) is 3. The molecule has 1 aliphatic rings. The van der Waals surface area contributed by atoms with E-state index in [0.29, 0.717) is 5.69 Å². The fourth-order valence-corrected chi connectivity index (χ4v) is 2.88. The lowest BCUT2D eigenvalue weighted by atomic mass is 10.1. The third kappa shape index (κ3) is 2.99. The van der Waals surface area contributed by atoms with Gasteiger partial charge in [0.1, 0.15) is 6.54 Å². The summed E-state index contributed by atoms with van der Waals surface area (Å²) in [5.74, 6) is -0.232. The highest BCUT2D eigenvalue weighted by molar-refractivity contribution is 7.98. The van der Waals surface area contributed by atoms with Gasteiger partial charge < -0.3 is 10.2 Å². The minimum Gasteiger partial charge on any atom is -0.323 e. The van der Waals surface area contributed by atoms with E-state index in [0.717, 1.165) is 11.3 Å². The number of nitrogens with zero attached hydrogens (tertiary/aromatic N) is 1. The van der Waals surface area contributed by atoms with E-state index in [1.165, 1.54) is 4.90 Å². The summed E-state index contributed by atoms with van der Waals surface area (Å²) < 4.78 is 0. The van der Waals surface area contributed by atoms with Crippen LogP contribution in [0.3, 0.4) is 0 Å². The summed E-state index contributed by atoms with van der Waals surface area (Å²) in [6, 6.07) is 15.3. The van der Waals surface area contributed by atoms with Crippen molar-refractivity contribution >= 4 is 35.0 Å². The van der Waals surface area contributed by atoms with Gasteiger partial charge in [-0.05, 0) is 36.1 Å². The van der Waals surface area contributed by atoms with Crippen molar-refractivity contribution in [3.8, 4) is 0 Å². The lowest BCUT2D eigenvalue weighted by Gasteiger charge is -2.29. The van der Waals surface area contributed by atoms with Crippen LogP contribution in [-0.4, -0.2) is 24.6 Å². The Morgan fingerprint density at radius 2 is 1.91 bits per heavy atom. The molecule has 0 aromatic heterocycles. The number of hydrogen-bond donors (Lipinski definition) is 1. The summed E-state index contributed by atoms with van der Waals surface area (Å²) in [7, 11) is 0. The van der Waals surface area contributed by atoms with Crippen LogP contribution in [-0.2, 0) is 16.0 Å². The van der Waals surface area contributed by atoms with Crippen LogP contribution in [0.15, 0.2) is 53.4 Å². The molecule has 0 saturated heterocycles. The van der Waals surface area contributed by atoms with Gasteiger partial charge >= 0.3 is 0 Å². The smallest absolute Gasteiger partial charge is 0.244 e. The Kier molecular flexibility index (Phi) is 4.15. The zero-order valence-corrected chi connectivity index (χ0v) is 13.0. The first-order valence-electron chi connectivity index (χ1n) is 6.99. The molecule has 0 aliphatic carbocycles. The summed E-state index contributed by atoms with van der Waals surface area (Å²) in [5.41, 5.74) is 2.39. The molecule has 2 aromatic rings. The Hall–Kier alpha value is -2.27. The molecule has 0 atom stereocenters. The van der Waals surface area contributed by atoms with E-state index < -0.39 is 0 Å². The number of benzene rings is 2. The van der Waals surface area contributed by atoms with Gasteiger partial charge in [0, 0.05) is 4.90 Å². The molecule has 2 aromatic carbocycles. The quantitative estimate of drug-likeness (QED) is 0.887. The minimum atomic E-state index is -0.162. The van der Waals surface area contributed by atoms with Gasteiger partial charge in [0.25, 0.3) is 0 Å². The van der Waals surface area contributed by atoms with Crippen LogP contribution in [0.5, 0.6) is 0 Å². The summed E-state index contributed by atoms with van der Waals surface area (Å²) in [6.45, 7) is 0.0682. The van der Waals surface area contributed by atoms with E-state index in [2.05, 4.69) is 5.32 Å². The molecular weight excluding hydrogens is 296 g/mol. The molecule has 5 heteroatoms. The average molecular weight is 312 g/mol. The molecule has 2 amide bonds. The molecule has 0 radical (unpaired) electrons. The third-order valence-electron chi connectivity index (χ3n) is 3.59. The normalized spacial score (nSPS) is 13.5. The van der Waals surface area contributed by atoms with Crippen LogP contribution in [0, 0.1) is 0 Å². The summed E-state index contributed by atoms with van der Waals surface area (Å²) in [6.07, 6.45) is 2.31. The largest absolute Gasteiger partial charge is 0.323 e. The van der Waals surface area contributed by atoms with Gasteiger partial charge in [0.15, 0.2) is 0 Å². The Morgan fingerprint density at radius 1 is 1.18 bits per heavy atom. The van der Waals surface area contributed by atoms with Crippen LogP contribution in [0.4, 0.5) is 11.4 Å². The molecule has 0 spiro atoms. The number of rotatable bonds is 3. The average Bonchev–Trinajstić information content (AvgIpc) is 2.54. The molecule has 1 aliphatic heterocycles. The van der Waals surface area contributed by atoms with Crippen molar-refractivity contribution in [3.63, 3.8) is 0 Å². The van der Waals surface area contributed by atoms with Gasteiger partial charge in [-0.15, -0.1) is 11.8 Å². The maximum Gasteiger partial charge on any atom is 0.244 e. The van der Waals surface area contributed by atoms with Crippen molar-refractivity contribution in [3.05, 3.63) is 54.1 Å². The molecular formula is C17H16N2O2S. The SMILES string of the molecule is CSc1ccc(CC(=O)N2CC(=O)Nc3ccccc32)cc1. The van der Waals surface area contributed by atoms with Gasteiger partial charge in [-0.1, -0.05) is 24.3 Å². The number of fused-ring (bicyclic) bond motifs is 1. The Morgan fingerprint density at radius 3 is 2.64 bits per heavy atom. The second kappa shape index (κ2) is 6.23. The number of carbonyl (C=O) groups excluding carboxylic acids is 2. The van der Waals surface area contributed by atoms with Crippen molar-refractivity contribution < 1.29 is 9.59 Å². The van der Waals surface area contributed by atoms with Crippen molar-refractivity contribution in [2.24, 2.45) is 0 Å². The first kappa shape index (κ1) is 14.7. The van der Waals surface area contributed by atoms with Crippen molar-refractivity contribution in [2.75, 3.05) is 23.0 Å². The molecule has 3 rings (SSSR count). The van der Waals surface area contributed by atoms with Gasteiger partial charge in [-0.2, -0.15) is 0 Å². The second-order valence-corrected chi connectivity index (χ2v) is 5.95. The molecule has 4 nitrogen and oxygen atoms in total. The lowest BCUT2D eigenvalue weighted by Crippen LogP contribution is -2.42. The van der Waals surface area contributed by atoms with E-state index in [1.54, 1.807) is 22.7 Å². The van der Waals surface area contributed by atoms with E-state index in [1.807, 2.05) is 48.7 Å². The second-order valence-electron chi connectivity index (χ2n) is 5.07. The number of carbonyl (C=O) groups is 2. The number of nitrogens with one attached hydrogen (secondary N) is 1. The van der Waals surface area contributed by atoms with Crippen molar-refractivity contribution in [2.45, 2.75) is 11.3 Å².